The summed E-state index contributed by atoms with van der Waals surface area (Å²) in [6.45, 7) is 3.08. The van der Waals surface area contributed by atoms with Gasteiger partial charge >= 0.3 is 0 Å². The number of nitrogens with zero attached hydrogens (tertiary/aromatic N) is 3. The summed E-state index contributed by atoms with van der Waals surface area (Å²) in [5, 5.41) is 15.3. The summed E-state index contributed by atoms with van der Waals surface area (Å²) >= 11 is 0. The molecule has 5 heteroatoms. The van der Waals surface area contributed by atoms with Gasteiger partial charge in [-0.3, -0.25) is 5.41 Å². The van der Waals surface area contributed by atoms with Crippen molar-refractivity contribution in [2.45, 2.75) is 26.2 Å². The van der Waals surface area contributed by atoms with Crippen LogP contribution >= 0.6 is 0 Å². The summed E-state index contributed by atoms with van der Waals surface area (Å²) in [6.07, 6.45) is 5.05. The maximum Gasteiger partial charge on any atom is 0.162 e. The lowest BCUT2D eigenvalue weighted by molar-refractivity contribution is 0.698. The fourth-order valence-corrected chi connectivity index (χ4v) is 1.52. The van der Waals surface area contributed by atoms with Crippen molar-refractivity contribution >= 4 is 11.7 Å². The van der Waals surface area contributed by atoms with Crippen molar-refractivity contribution in [2.24, 2.45) is 5.73 Å². The Kier molecular flexibility index (Phi) is 4.69. The van der Waals surface area contributed by atoms with Gasteiger partial charge in [-0.1, -0.05) is 19.8 Å². The molecular weight excluding hydrogens is 202 g/mol. The molecule has 0 fully saturated rings. The van der Waals surface area contributed by atoms with Crippen molar-refractivity contribution in [1.29, 1.82) is 5.41 Å². The zero-order chi connectivity index (χ0) is 12.0. The molecule has 0 aliphatic carbocycles. The van der Waals surface area contributed by atoms with Crippen LogP contribution in [0.3, 0.4) is 0 Å². The number of anilines is 1. The van der Waals surface area contributed by atoms with Crippen LogP contribution in [0.1, 0.15) is 31.7 Å². The second-order valence-electron chi connectivity index (χ2n) is 3.81. The van der Waals surface area contributed by atoms with Gasteiger partial charge in [0, 0.05) is 13.6 Å². The Balaban J connectivity index is 2.74. The normalized spacial score (nSPS) is 10.1. The SMILES string of the molecule is CCCCCN(C)c1nnccc1C(=N)N. The highest BCUT2D eigenvalue weighted by Crippen LogP contribution is 2.14. The molecule has 0 radical (unpaired) electrons. The van der Waals surface area contributed by atoms with E-state index in [-0.39, 0.29) is 5.84 Å². The standard InChI is InChI=1S/C11H19N5/c1-3-4-5-8-16(2)11-9(10(12)13)6-7-14-15-11/h6-7H,3-5,8H2,1-2H3,(H3,12,13). The summed E-state index contributed by atoms with van der Waals surface area (Å²) in [6, 6.07) is 1.72. The van der Waals surface area contributed by atoms with Crippen molar-refractivity contribution < 1.29 is 0 Å². The van der Waals surface area contributed by atoms with Crippen molar-refractivity contribution in [1.82, 2.24) is 10.2 Å². The Morgan fingerprint density at radius 3 is 2.88 bits per heavy atom. The molecule has 0 aromatic carbocycles. The number of aromatic nitrogens is 2. The first-order chi connectivity index (χ1) is 7.66. The number of nitrogens with one attached hydrogen (secondary N) is 1. The Hall–Kier alpha value is -1.65. The van der Waals surface area contributed by atoms with E-state index in [1.807, 2.05) is 11.9 Å². The summed E-state index contributed by atoms with van der Waals surface area (Å²) in [7, 11) is 1.95. The molecule has 0 atom stereocenters. The molecule has 0 amide bonds. The minimum Gasteiger partial charge on any atom is -0.384 e. The van der Waals surface area contributed by atoms with Gasteiger partial charge < -0.3 is 10.6 Å². The average molecular weight is 221 g/mol. The van der Waals surface area contributed by atoms with Gasteiger partial charge in [0.2, 0.25) is 0 Å². The molecule has 0 bridgehead atoms. The van der Waals surface area contributed by atoms with Crippen LogP contribution < -0.4 is 10.6 Å². The Morgan fingerprint density at radius 1 is 1.50 bits per heavy atom. The van der Waals surface area contributed by atoms with E-state index < -0.39 is 0 Å². The highest BCUT2D eigenvalue weighted by Gasteiger charge is 2.10. The number of nitrogen functional groups attached to an aromatic ring is 1. The van der Waals surface area contributed by atoms with Gasteiger partial charge in [0.25, 0.3) is 0 Å². The van der Waals surface area contributed by atoms with Gasteiger partial charge in [-0.05, 0) is 12.5 Å². The topological polar surface area (TPSA) is 78.9 Å². The first-order valence-electron chi connectivity index (χ1n) is 5.54. The Bertz CT molecular complexity index is 350. The quantitative estimate of drug-likeness (QED) is 0.432. The molecule has 0 aliphatic rings. The largest absolute Gasteiger partial charge is 0.384 e. The summed E-state index contributed by atoms with van der Waals surface area (Å²) in [5.41, 5.74) is 6.14. The molecule has 1 aromatic rings. The maximum absolute atomic E-state index is 7.47. The number of nitrogens with two attached hydrogens (primary N) is 1. The predicted octanol–water partition coefficient (Wildman–Crippen LogP) is 1.39. The third kappa shape index (κ3) is 3.18. The van der Waals surface area contributed by atoms with Crippen LogP contribution in [0.5, 0.6) is 0 Å². The highest BCUT2D eigenvalue weighted by atomic mass is 15.2. The lowest BCUT2D eigenvalue weighted by atomic mass is 10.2. The molecule has 5 nitrogen and oxygen atoms in total. The summed E-state index contributed by atoms with van der Waals surface area (Å²) < 4.78 is 0. The molecule has 0 aliphatic heterocycles. The Labute approximate surface area is 96.2 Å². The fraction of sp³-hybridized carbons (Fsp3) is 0.545. The number of hydrogen-bond donors (Lipinski definition) is 2. The zero-order valence-corrected chi connectivity index (χ0v) is 9.90. The molecule has 0 spiro atoms. The first kappa shape index (κ1) is 12.4. The van der Waals surface area contributed by atoms with E-state index in [9.17, 15) is 0 Å². The first-order valence-corrected chi connectivity index (χ1v) is 5.54. The molecule has 1 aromatic heterocycles. The van der Waals surface area contributed by atoms with Crippen LogP contribution in [0, 0.1) is 5.41 Å². The van der Waals surface area contributed by atoms with E-state index in [4.69, 9.17) is 11.1 Å². The Morgan fingerprint density at radius 2 is 2.25 bits per heavy atom. The van der Waals surface area contributed by atoms with Gasteiger partial charge in [0.1, 0.15) is 5.84 Å². The van der Waals surface area contributed by atoms with Gasteiger partial charge in [0.15, 0.2) is 5.82 Å². The fourth-order valence-electron chi connectivity index (χ4n) is 1.52. The van der Waals surface area contributed by atoms with Gasteiger partial charge in [-0.2, -0.15) is 5.10 Å². The highest BCUT2D eigenvalue weighted by molar-refractivity contribution is 5.99. The van der Waals surface area contributed by atoms with E-state index in [2.05, 4.69) is 17.1 Å². The van der Waals surface area contributed by atoms with Gasteiger partial charge in [-0.25, -0.2) is 0 Å². The summed E-state index contributed by atoms with van der Waals surface area (Å²) in [5.74, 6) is 0.721. The minimum atomic E-state index is 0.0345. The molecular formula is C11H19N5. The van der Waals surface area contributed by atoms with Crippen molar-refractivity contribution in [3.63, 3.8) is 0 Å². The molecule has 0 saturated heterocycles. The molecule has 0 unspecified atom stereocenters. The molecule has 1 heterocycles. The zero-order valence-electron chi connectivity index (χ0n) is 9.90. The van der Waals surface area contributed by atoms with Crippen molar-refractivity contribution in [3.05, 3.63) is 17.8 Å². The monoisotopic (exact) mass is 221 g/mol. The lowest BCUT2D eigenvalue weighted by Gasteiger charge is -2.19. The number of amidine groups is 1. The second-order valence-corrected chi connectivity index (χ2v) is 3.81. The third-order valence-corrected chi connectivity index (χ3v) is 2.45. The smallest absolute Gasteiger partial charge is 0.162 e. The van der Waals surface area contributed by atoms with Crippen LogP contribution in [-0.4, -0.2) is 29.6 Å². The number of unbranched alkanes of at least 4 members (excludes halogenated alkanes) is 2. The minimum absolute atomic E-state index is 0.0345. The average Bonchev–Trinajstić information content (AvgIpc) is 2.29. The van der Waals surface area contributed by atoms with Crippen molar-refractivity contribution in [3.8, 4) is 0 Å². The molecule has 88 valence electrons. The van der Waals surface area contributed by atoms with Gasteiger partial charge in [0.05, 0.1) is 11.8 Å². The molecule has 1 rings (SSSR count). The van der Waals surface area contributed by atoms with Crippen LogP contribution in [0.15, 0.2) is 12.3 Å². The number of hydrogen-bond acceptors (Lipinski definition) is 4. The van der Waals surface area contributed by atoms with E-state index in [0.29, 0.717) is 11.4 Å². The maximum atomic E-state index is 7.47. The second kappa shape index (κ2) is 6.05. The molecule has 0 saturated carbocycles. The van der Waals surface area contributed by atoms with E-state index in [0.717, 1.165) is 13.0 Å². The van der Waals surface area contributed by atoms with Gasteiger partial charge in [-0.15, -0.1) is 5.10 Å². The third-order valence-electron chi connectivity index (χ3n) is 2.45. The number of rotatable bonds is 6. The van der Waals surface area contributed by atoms with E-state index >= 15 is 0 Å². The van der Waals surface area contributed by atoms with E-state index in [1.165, 1.54) is 12.8 Å². The summed E-state index contributed by atoms with van der Waals surface area (Å²) in [4.78, 5) is 2.00. The van der Waals surface area contributed by atoms with Crippen LogP contribution in [-0.2, 0) is 0 Å². The van der Waals surface area contributed by atoms with Crippen LogP contribution in [0.2, 0.25) is 0 Å². The van der Waals surface area contributed by atoms with Crippen LogP contribution in [0.25, 0.3) is 0 Å². The predicted molar refractivity (Wildman–Crippen MR) is 65.8 cm³/mol. The van der Waals surface area contributed by atoms with Crippen LogP contribution in [0.4, 0.5) is 5.82 Å². The van der Waals surface area contributed by atoms with E-state index in [1.54, 1.807) is 12.3 Å². The lowest BCUT2D eigenvalue weighted by Crippen LogP contribution is -2.25. The molecule has 3 N–H and O–H groups in total. The molecule has 16 heavy (non-hydrogen) atoms. The van der Waals surface area contributed by atoms with Crippen molar-refractivity contribution in [2.75, 3.05) is 18.5 Å².